The van der Waals surface area contributed by atoms with Gasteiger partial charge >= 0.3 is 0 Å². The maximum absolute atomic E-state index is 13.3. The number of halogens is 1. The first-order valence-electron chi connectivity index (χ1n) is 6.41. The Morgan fingerprint density at radius 1 is 1.29 bits per heavy atom. The molecule has 0 fully saturated rings. The molecule has 0 bridgehead atoms. The van der Waals surface area contributed by atoms with Crippen LogP contribution in [0.1, 0.15) is 10.5 Å². The van der Waals surface area contributed by atoms with Crippen LogP contribution >= 0.6 is 0 Å². The van der Waals surface area contributed by atoms with E-state index in [1.165, 1.54) is 41.0 Å². The summed E-state index contributed by atoms with van der Waals surface area (Å²) in [5.74, 6) is -0.874. The summed E-state index contributed by atoms with van der Waals surface area (Å²) in [4.78, 5) is 24.6. The predicted octanol–water partition coefficient (Wildman–Crippen LogP) is 2.24. The van der Waals surface area contributed by atoms with Crippen LogP contribution in [-0.2, 0) is 6.54 Å². The van der Waals surface area contributed by atoms with Crippen LogP contribution in [0.15, 0.2) is 54.4 Å². The van der Waals surface area contributed by atoms with Crippen molar-refractivity contribution in [2.24, 2.45) is 0 Å². The number of carbonyl (C=O) groups is 1. The van der Waals surface area contributed by atoms with Gasteiger partial charge in [0, 0.05) is 18.5 Å². The molecule has 4 nitrogen and oxygen atoms in total. The molecular weight excluding hydrogens is 271 g/mol. The summed E-state index contributed by atoms with van der Waals surface area (Å²) < 4.78 is 14.6. The minimum absolute atomic E-state index is 0.167. The van der Waals surface area contributed by atoms with E-state index in [1.54, 1.807) is 0 Å². The van der Waals surface area contributed by atoms with Gasteiger partial charge in [-0.1, -0.05) is 12.2 Å². The van der Waals surface area contributed by atoms with Gasteiger partial charge in [-0.15, -0.1) is 13.2 Å². The van der Waals surface area contributed by atoms with E-state index in [9.17, 15) is 14.0 Å². The van der Waals surface area contributed by atoms with Gasteiger partial charge < -0.3 is 5.32 Å². The predicted molar refractivity (Wildman–Crippen MR) is 80.9 cm³/mol. The molecule has 1 heterocycles. The zero-order valence-electron chi connectivity index (χ0n) is 11.4. The largest absolute Gasteiger partial charge is 0.347 e. The minimum Gasteiger partial charge on any atom is -0.347 e. The monoisotopic (exact) mass is 286 g/mol. The van der Waals surface area contributed by atoms with E-state index in [0.29, 0.717) is 10.8 Å². The molecule has 1 N–H and O–H groups in total. The molecule has 0 aliphatic heterocycles. The van der Waals surface area contributed by atoms with Crippen LogP contribution in [0.3, 0.4) is 0 Å². The number of hydrogen-bond acceptors (Lipinski definition) is 2. The van der Waals surface area contributed by atoms with Gasteiger partial charge in [-0.05, 0) is 29.7 Å². The number of nitrogens with one attached hydrogen (secondary N) is 1. The molecule has 1 aromatic heterocycles. The molecule has 108 valence electrons. The van der Waals surface area contributed by atoms with Gasteiger partial charge in [0.25, 0.3) is 11.5 Å². The second-order valence-corrected chi connectivity index (χ2v) is 4.46. The van der Waals surface area contributed by atoms with E-state index in [4.69, 9.17) is 0 Å². The zero-order chi connectivity index (χ0) is 15.4. The highest BCUT2D eigenvalue weighted by Gasteiger charge is 2.14. The smallest absolute Gasteiger partial charge is 0.268 e. The van der Waals surface area contributed by atoms with Gasteiger partial charge in [-0.25, -0.2) is 4.39 Å². The molecule has 1 aromatic carbocycles. The summed E-state index contributed by atoms with van der Waals surface area (Å²) >= 11 is 0. The van der Waals surface area contributed by atoms with Crippen LogP contribution < -0.4 is 10.9 Å². The summed E-state index contributed by atoms with van der Waals surface area (Å²) in [5, 5.41) is 3.36. The number of allylic oxidation sites excluding steroid dienone is 1. The highest BCUT2D eigenvalue weighted by atomic mass is 19.1. The van der Waals surface area contributed by atoms with Gasteiger partial charge in [0.2, 0.25) is 0 Å². The molecule has 2 rings (SSSR count). The number of hydrogen-bond donors (Lipinski definition) is 1. The molecule has 0 saturated carbocycles. The molecule has 0 saturated heterocycles. The number of benzene rings is 1. The van der Waals surface area contributed by atoms with Gasteiger partial charge in [-0.3, -0.25) is 14.2 Å². The van der Waals surface area contributed by atoms with Crippen LogP contribution in [0.4, 0.5) is 4.39 Å². The maximum atomic E-state index is 13.3. The quantitative estimate of drug-likeness (QED) is 0.857. The first-order valence-corrected chi connectivity index (χ1v) is 6.41. The third-order valence-electron chi connectivity index (χ3n) is 3.02. The van der Waals surface area contributed by atoms with E-state index >= 15 is 0 Å². The van der Waals surface area contributed by atoms with Crippen LogP contribution in [-0.4, -0.2) is 17.0 Å². The number of pyridine rings is 1. The van der Waals surface area contributed by atoms with Crippen molar-refractivity contribution in [3.05, 3.63) is 71.4 Å². The fourth-order valence-corrected chi connectivity index (χ4v) is 2.08. The maximum Gasteiger partial charge on any atom is 0.268 e. The summed E-state index contributed by atoms with van der Waals surface area (Å²) in [6.07, 6.45) is 3.07. The molecule has 0 unspecified atom stereocenters. The van der Waals surface area contributed by atoms with Crippen LogP contribution in [0, 0.1) is 5.82 Å². The normalized spacial score (nSPS) is 10.3. The summed E-state index contributed by atoms with van der Waals surface area (Å²) in [6.45, 7) is 7.58. The van der Waals surface area contributed by atoms with E-state index in [0.717, 1.165) is 0 Å². The van der Waals surface area contributed by atoms with Crippen molar-refractivity contribution in [3.8, 4) is 0 Å². The molecule has 5 heteroatoms. The lowest BCUT2D eigenvalue weighted by Gasteiger charge is -2.12. The fraction of sp³-hybridized carbons (Fsp3) is 0.125. The van der Waals surface area contributed by atoms with E-state index in [1.807, 2.05) is 0 Å². The van der Waals surface area contributed by atoms with Crippen LogP contribution in [0.25, 0.3) is 10.8 Å². The Morgan fingerprint density at radius 2 is 2.05 bits per heavy atom. The second kappa shape index (κ2) is 6.17. The van der Waals surface area contributed by atoms with Gasteiger partial charge in [0.05, 0.1) is 0 Å². The van der Waals surface area contributed by atoms with Crippen LogP contribution in [0.5, 0.6) is 0 Å². The minimum atomic E-state index is -0.458. The van der Waals surface area contributed by atoms with Crippen molar-refractivity contribution in [1.82, 2.24) is 9.88 Å². The van der Waals surface area contributed by atoms with Crippen molar-refractivity contribution < 1.29 is 9.18 Å². The van der Waals surface area contributed by atoms with Crippen molar-refractivity contribution >= 4 is 16.7 Å². The number of nitrogens with zero attached hydrogens (tertiary/aromatic N) is 1. The molecule has 0 radical (unpaired) electrons. The Balaban J connectivity index is 2.68. The Kier molecular flexibility index (Phi) is 4.33. The second-order valence-electron chi connectivity index (χ2n) is 4.46. The van der Waals surface area contributed by atoms with E-state index < -0.39 is 11.7 Å². The van der Waals surface area contributed by atoms with Crippen LogP contribution in [0.2, 0.25) is 0 Å². The average molecular weight is 286 g/mol. The number of rotatable bonds is 5. The third kappa shape index (κ3) is 2.91. The van der Waals surface area contributed by atoms with E-state index in [-0.39, 0.29) is 24.3 Å². The molecule has 0 spiro atoms. The number of carbonyl (C=O) groups excluding carboxylic acids is 1. The van der Waals surface area contributed by atoms with Gasteiger partial charge in [0.15, 0.2) is 0 Å². The Bertz CT molecular complexity index is 778. The first-order chi connectivity index (χ1) is 10.1. The number of amides is 1. The zero-order valence-corrected chi connectivity index (χ0v) is 11.4. The molecule has 21 heavy (non-hydrogen) atoms. The standard InChI is InChI=1S/C16H15FN2O2/c1-3-7-18-15(20)14-10-11-9-12(17)5-6-13(11)16(21)19(14)8-4-2/h3-6,9-10H,1-2,7-8H2,(H,18,20). The van der Waals surface area contributed by atoms with Crippen molar-refractivity contribution in [1.29, 1.82) is 0 Å². The summed E-state index contributed by atoms with van der Waals surface area (Å²) in [6, 6.07) is 5.37. The average Bonchev–Trinajstić information content (AvgIpc) is 2.47. The molecule has 2 aromatic rings. The molecule has 1 amide bonds. The topological polar surface area (TPSA) is 51.1 Å². The number of aromatic nitrogens is 1. The molecule has 0 aliphatic carbocycles. The number of fused-ring (bicyclic) bond motifs is 1. The lowest BCUT2D eigenvalue weighted by molar-refractivity contribution is 0.0948. The van der Waals surface area contributed by atoms with Crippen molar-refractivity contribution in [3.63, 3.8) is 0 Å². The lowest BCUT2D eigenvalue weighted by atomic mass is 10.1. The third-order valence-corrected chi connectivity index (χ3v) is 3.02. The van der Waals surface area contributed by atoms with E-state index in [2.05, 4.69) is 18.5 Å². The van der Waals surface area contributed by atoms with Gasteiger partial charge in [0.1, 0.15) is 11.5 Å². The summed E-state index contributed by atoms with van der Waals surface area (Å²) in [7, 11) is 0. The SMILES string of the molecule is C=CCNC(=O)c1cc2cc(F)ccc2c(=O)n1CC=C. The lowest BCUT2D eigenvalue weighted by Crippen LogP contribution is -2.32. The van der Waals surface area contributed by atoms with Gasteiger partial charge in [-0.2, -0.15) is 0 Å². The molecular formula is C16H15FN2O2. The van der Waals surface area contributed by atoms with Crippen molar-refractivity contribution in [2.45, 2.75) is 6.54 Å². The molecule has 0 aliphatic rings. The highest BCUT2D eigenvalue weighted by molar-refractivity contribution is 5.96. The molecule has 0 atom stereocenters. The van der Waals surface area contributed by atoms with Crippen molar-refractivity contribution in [2.75, 3.05) is 6.54 Å². The Morgan fingerprint density at radius 3 is 2.71 bits per heavy atom. The first kappa shape index (κ1) is 14.7. The fourth-order valence-electron chi connectivity index (χ4n) is 2.08. The Labute approximate surface area is 121 Å². The highest BCUT2D eigenvalue weighted by Crippen LogP contribution is 2.14. The Hall–Kier alpha value is -2.69. The summed E-state index contributed by atoms with van der Waals surface area (Å²) in [5.41, 5.74) is -0.184.